The molecule has 0 amide bonds. The van der Waals surface area contributed by atoms with E-state index in [1.165, 1.54) is 12.6 Å². The number of furan rings is 1. The number of aliphatic hydroxyl groups excluding tert-OH is 1. The van der Waals surface area contributed by atoms with Gasteiger partial charge in [0.2, 0.25) is 11.6 Å². The van der Waals surface area contributed by atoms with Crippen LogP contribution in [-0.2, 0) is 6.42 Å². The molecule has 0 radical (unpaired) electrons. The summed E-state index contributed by atoms with van der Waals surface area (Å²) < 4.78 is 5.26. The van der Waals surface area contributed by atoms with Gasteiger partial charge in [-0.15, -0.1) is 0 Å². The van der Waals surface area contributed by atoms with Crippen molar-refractivity contribution in [3.63, 3.8) is 0 Å². The third-order valence-corrected chi connectivity index (χ3v) is 3.38. The topological polar surface area (TPSA) is 92.0 Å². The van der Waals surface area contributed by atoms with Crippen LogP contribution in [0, 0.1) is 0 Å². The fourth-order valence-electron chi connectivity index (χ4n) is 2.03. The SMILES string of the molecule is O=C(C=C(O)c1nc[nH]n1)c1cc(Cc2ccc(Cl)cc2)co1. The first-order chi connectivity index (χ1) is 11.1. The van der Waals surface area contributed by atoms with Crippen molar-refractivity contribution in [2.45, 2.75) is 6.42 Å². The first kappa shape index (κ1) is 15.1. The zero-order chi connectivity index (χ0) is 16.2. The van der Waals surface area contributed by atoms with Crippen molar-refractivity contribution in [1.29, 1.82) is 0 Å². The maximum Gasteiger partial charge on any atom is 0.224 e. The Hall–Kier alpha value is -2.86. The number of carbonyl (C=O) groups excluding carboxylic acids is 1. The lowest BCUT2D eigenvalue weighted by Crippen LogP contribution is -1.96. The van der Waals surface area contributed by atoms with Crippen LogP contribution in [0.3, 0.4) is 0 Å². The summed E-state index contributed by atoms with van der Waals surface area (Å²) in [4.78, 5) is 15.8. The molecule has 0 aliphatic rings. The number of hydrogen-bond donors (Lipinski definition) is 2. The monoisotopic (exact) mass is 329 g/mol. The number of allylic oxidation sites excluding steroid dienone is 1. The normalized spacial score (nSPS) is 11.6. The molecule has 2 aromatic heterocycles. The Morgan fingerprint density at radius 2 is 2.09 bits per heavy atom. The molecule has 2 N–H and O–H groups in total. The number of nitrogens with zero attached hydrogens (tertiary/aromatic N) is 2. The molecule has 7 heteroatoms. The van der Waals surface area contributed by atoms with Crippen LogP contribution in [0.25, 0.3) is 5.76 Å². The van der Waals surface area contributed by atoms with E-state index in [0.29, 0.717) is 11.4 Å². The quantitative estimate of drug-likeness (QED) is 0.425. The molecule has 0 saturated carbocycles. The summed E-state index contributed by atoms with van der Waals surface area (Å²) in [5.74, 6) is -0.607. The summed E-state index contributed by atoms with van der Waals surface area (Å²) >= 11 is 5.85. The minimum Gasteiger partial charge on any atom is -0.504 e. The Morgan fingerprint density at radius 1 is 1.30 bits per heavy atom. The van der Waals surface area contributed by atoms with Gasteiger partial charge in [-0.25, -0.2) is 4.98 Å². The maximum absolute atomic E-state index is 12.0. The molecule has 116 valence electrons. The third kappa shape index (κ3) is 3.67. The highest BCUT2D eigenvalue weighted by atomic mass is 35.5. The molecule has 0 aliphatic carbocycles. The lowest BCUT2D eigenvalue weighted by molar-refractivity contribution is 0.102. The lowest BCUT2D eigenvalue weighted by Gasteiger charge is -1.97. The smallest absolute Gasteiger partial charge is 0.224 e. The van der Waals surface area contributed by atoms with Crippen LogP contribution in [0.1, 0.15) is 27.5 Å². The molecule has 3 rings (SSSR count). The van der Waals surface area contributed by atoms with Crippen molar-refractivity contribution in [1.82, 2.24) is 15.2 Å². The van der Waals surface area contributed by atoms with E-state index in [1.807, 2.05) is 12.1 Å². The van der Waals surface area contributed by atoms with E-state index >= 15 is 0 Å². The van der Waals surface area contributed by atoms with Gasteiger partial charge in [0.25, 0.3) is 0 Å². The number of H-pyrrole nitrogens is 1. The van der Waals surface area contributed by atoms with Crippen LogP contribution in [0.5, 0.6) is 0 Å². The van der Waals surface area contributed by atoms with Gasteiger partial charge < -0.3 is 9.52 Å². The van der Waals surface area contributed by atoms with Crippen molar-refractivity contribution < 1.29 is 14.3 Å². The zero-order valence-electron chi connectivity index (χ0n) is 11.9. The molecular weight excluding hydrogens is 318 g/mol. The second-order valence-corrected chi connectivity index (χ2v) is 5.28. The van der Waals surface area contributed by atoms with Crippen molar-refractivity contribution in [2.24, 2.45) is 0 Å². The van der Waals surface area contributed by atoms with Gasteiger partial charge in [0.15, 0.2) is 11.5 Å². The first-order valence-electron chi connectivity index (χ1n) is 6.75. The fourth-order valence-corrected chi connectivity index (χ4v) is 2.15. The summed E-state index contributed by atoms with van der Waals surface area (Å²) in [6.45, 7) is 0. The van der Waals surface area contributed by atoms with Crippen molar-refractivity contribution in [3.05, 3.63) is 76.7 Å². The molecule has 0 atom stereocenters. The van der Waals surface area contributed by atoms with E-state index in [0.717, 1.165) is 17.2 Å². The zero-order valence-corrected chi connectivity index (χ0v) is 12.6. The Bertz CT molecular complexity index is 836. The van der Waals surface area contributed by atoms with E-state index in [-0.39, 0.29) is 17.3 Å². The second kappa shape index (κ2) is 6.50. The molecule has 6 nitrogen and oxygen atoms in total. The van der Waals surface area contributed by atoms with Crippen molar-refractivity contribution in [2.75, 3.05) is 0 Å². The van der Waals surface area contributed by atoms with Gasteiger partial charge in [-0.05, 0) is 29.3 Å². The molecular formula is C16H12ClN3O3. The van der Waals surface area contributed by atoms with Crippen molar-refractivity contribution >= 4 is 23.1 Å². The summed E-state index contributed by atoms with van der Waals surface area (Å²) in [5, 5.41) is 16.6. The Labute approximate surface area is 136 Å². The molecule has 2 heterocycles. The minimum atomic E-state index is -0.463. The number of ketones is 1. The number of rotatable bonds is 5. The van der Waals surface area contributed by atoms with Gasteiger partial charge in [-0.2, -0.15) is 5.10 Å². The molecule has 3 aromatic rings. The average molecular weight is 330 g/mol. The van der Waals surface area contributed by atoms with Crippen LogP contribution < -0.4 is 0 Å². The Balaban J connectivity index is 1.72. The number of halogens is 1. The predicted octanol–water partition coefficient (Wildman–Crippen LogP) is 3.42. The molecule has 0 fully saturated rings. The lowest BCUT2D eigenvalue weighted by atomic mass is 10.1. The molecule has 0 spiro atoms. The molecule has 0 bridgehead atoms. The van der Waals surface area contributed by atoms with Gasteiger partial charge in [0, 0.05) is 17.5 Å². The second-order valence-electron chi connectivity index (χ2n) is 4.84. The highest BCUT2D eigenvalue weighted by Crippen LogP contribution is 2.17. The number of hydrogen-bond acceptors (Lipinski definition) is 5. The predicted molar refractivity (Wildman–Crippen MR) is 84.3 cm³/mol. The summed E-state index contributed by atoms with van der Waals surface area (Å²) in [7, 11) is 0. The Morgan fingerprint density at radius 3 is 2.78 bits per heavy atom. The van der Waals surface area contributed by atoms with Crippen molar-refractivity contribution in [3.8, 4) is 0 Å². The number of aromatic nitrogens is 3. The number of nitrogens with one attached hydrogen (secondary N) is 1. The highest BCUT2D eigenvalue weighted by molar-refractivity contribution is 6.30. The summed E-state index contributed by atoms with van der Waals surface area (Å²) in [6, 6.07) is 9.07. The molecule has 23 heavy (non-hydrogen) atoms. The number of carbonyl (C=O) groups is 1. The standard InChI is InChI=1S/C16H12ClN3O3/c17-12-3-1-10(2-4-12)5-11-6-15(23-8-11)13(21)7-14(22)16-18-9-19-20-16/h1-4,6-9,22H,5H2,(H,18,19,20). The molecule has 1 aromatic carbocycles. The highest BCUT2D eigenvalue weighted by Gasteiger charge is 2.13. The van der Waals surface area contributed by atoms with Crippen LogP contribution in [0.15, 0.2) is 53.4 Å². The van der Waals surface area contributed by atoms with Gasteiger partial charge in [0.1, 0.15) is 6.33 Å². The Kier molecular flexibility index (Phi) is 4.25. The van der Waals surface area contributed by atoms with E-state index in [4.69, 9.17) is 16.0 Å². The van der Waals surface area contributed by atoms with E-state index in [2.05, 4.69) is 15.2 Å². The van der Waals surface area contributed by atoms with Gasteiger partial charge in [-0.1, -0.05) is 23.7 Å². The maximum atomic E-state index is 12.0. The van der Waals surface area contributed by atoms with Crippen LogP contribution in [-0.4, -0.2) is 26.1 Å². The number of aliphatic hydroxyl groups is 1. The van der Waals surface area contributed by atoms with E-state index < -0.39 is 5.78 Å². The fraction of sp³-hybridized carbons (Fsp3) is 0.0625. The van der Waals surface area contributed by atoms with E-state index in [9.17, 15) is 9.90 Å². The average Bonchev–Trinajstić information content (AvgIpc) is 3.21. The minimum absolute atomic E-state index is 0.0475. The van der Waals surface area contributed by atoms with Crippen LogP contribution >= 0.6 is 11.6 Å². The number of aromatic amines is 1. The van der Waals surface area contributed by atoms with E-state index in [1.54, 1.807) is 18.2 Å². The van der Waals surface area contributed by atoms with Gasteiger partial charge >= 0.3 is 0 Å². The summed E-state index contributed by atoms with van der Waals surface area (Å²) in [5.41, 5.74) is 1.90. The largest absolute Gasteiger partial charge is 0.504 e. The van der Waals surface area contributed by atoms with Gasteiger partial charge in [-0.3, -0.25) is 9.89 Å². The number of benzene rings is 1. The first-order valence-corrected chi connectivity index (χ1v) is 7.12. The van der Waals surface area contributed by atoms with Crippen LogP contribution in [0.4, 0.5) is 0 Å². The molecule has 0 aliphatic heterocycles. The van der Waals surface area contributed by atoms with Gasteiger partial charge in [0.05, 0.1) is 6.26 Å². The summed E-state index contributed by atoms with van der Waals surface area (Å²) in [6.07, 6.45) is 4.46. The third-order valence-electron chi connectivity index (χ3n) is 3.13. The molecule has 0 saturated heterocycles. The molecule has 0 unspecified atom stereocenters. The van der Waals surface area contributed by atoms with Crippen LogP contribution in [0.2, 0.25) is 5.02 Å².